The molecular formula is C29H22FNO4. The Labute approximate surface area is 202 Å². The Morgan fingerprint density at radius 1 is 0.886 bits per heavy atom. The summed E-state index contributed by atoms with van der Waals surface area (Å²) in [6.45, 7) is 2.59. The number of hydrogen-bond acceptors (Lipinski definition) is 5. The van der Waals surface area contributed by atoms with Gasteiger partial charge in [-0.2, -0.15) is 0 Å². The summed E-state index contributed by atoms with van der Waals surface area (Å²) in [4.78, 5) is 16.9. The second kappa shape index (κ2) is 9.81. The molecule has 6 heteroatoms. The molecule has 5 rings (SSSR count). The third-order valence-electron chi connectivity index (χ3n) is 5.50. The second-order valence-corrected chi connectivity index (χ2v) is 7.95. The van der Waals surface area contributed by atoms with Crippen LogP contribution in [0.3, 0.4) is 0 Å². The Bertz CT molecular complexity index is 1460. The minimum absolute atomic E-state index is 0.204. The predicted octanol–water partition coefficient (Wildman–Crippen LogP) is 6.30. The molecule has 1 heterocycles. The number of aliphatic imine (C=N–C) groups is 1. The summed E-state index contributed by atoms with van der Waals surface area (Å²) < 4.78 is 30.2. The molecule has 0 amide bonds. The fourth-order valence-corrected chi connectivity index (χ4v) is 3.76. The van der Waals surface area contributed by atoms with E-state index >= 15 is 0 Å². The Balaban J connectivity index is 1.38. The van der Waals surface area contributed by atoms with E-state index in [0.717, 1.165) is 27.5 Å². The number of benzene rings is 4. The lowest BCUT2D eigenvalue weighted by molar-refractivity contribution is -0.129. The van der Waals surface area contributed by atoms with Gasteiger partial charge in [-0.3, -0.25) is 0 Å². The van der Waals surface area contributed by atoms with Crippen molar-refractivity contribution in [1.29, 1.82) is 0 Å². The Morgan fingerprint density at radius 2 is 1.69 bits per heavy atom. The van der Waals surface area contributed by atoms with Crippen molar-refractivity contribution in [2.45, 2.75) is 13.5 Å². The summed E-state index contributed by atoms with van der Waals surface area (Å²) in [6.07, 6.45) is 1.66. The molecule has 0 saturated heterocycles. The van der Waals surface area contributed by atoms with Crippen LogP contribution in [-0.4, -0.2) is 18.5 Å². The molecule has 4 aromatic carbocycles. The number of ether oxygens (including phenoxy) is 3. The quantitative estimate of drug-likeness (QED) is 0.236. The average Bonchev–Trinajstić information content (AvgIpc) is 3.24. The number of esters is 1. The summed E-state index contributed by atoms with van der Waals surface area (Å²) in [6, 6.07) is 25.3. The highest BCUT2D eigenvalue weighted by atomic mass is 19.1. The molecule has 5 nitrogen and oxygen atoms in total. The van der Waals surface area contributed by atoms with Gasteiger partial charge in [0.2, 0.25) is 5.90 Å². The van der Waals surface area contributed by atoms with Crippen molar-refractivity contribution < 1.29 is 23.4 Å². The molecule has 0 spiro atoms. The fraction of sp³-hybridized carbons (Fsp3) is 0.103. The van der Waals surface area contributed by atoms with Gasteiger partial charge >= 0.3 is 5.97 Å². The van der Waals surface area contributed by atoms with E-state index < -0.39 is 5.97 Å². The van der Waals surface area contributed by atoms with Gasteiger partial charge in [-0.05, 0) is 71.3 Å². The molecule has 0 radical (unpaired) electrons. The molecule has 0 saturated carbocycles. The van der Waals surface area contributed by atoms with Crippen molar-refractivity contribution in [1.82, 2.24) is 0 Å². The van der Waals surface area contributed by atoms with Crippen molar-refractivity contribution in [2.75, 3.05) is 6.61 Å². The number of cyclic esters (lactones) is 1. The van der Waals surface area contributed by atoms with Gasteiger partial charge in [-0.25, -0.2) is 14.2 Å². The van der Waals surface area contributed by atoms with Crippen molar-refractivity contribution in [3.8, 4) is 11.5 Å². The highest BCUT2D eigenvalue weighted by Crippen LogP contribution is 2.31. The van der Waals surface area contributed by atoms with E-state index in [0.29, 0.717) is 18.1 Å². The van der Waals surface area contributed by atoms with Gasteiger partial charge in [0.1, 0.15) is 12.4 Å². The summed E-state index contributed by atoms with van der Waals surface area (Å²) >= 11 is 0. The minimum atomic E-state index is -0.511. The zero-order valence-corrected chi connectivity index (χ0v) is 19.0. The number of nitrogens with zero attached hydrogens (tertiary/aromatic N) is 1. The van der Waals surface area contributed by atoms with E-state index in [4.69, 9.17) is 14.2 Å². The van der Waals surface area contributed by atoms with Crippen molar-refractivity contribution >= 4 is 28.7 Å². The maximum absolute atomic E-state index is 13.1. The molecule has 1 aliphatic heterocycles. The van der Waals surface area contributed by atoms with Crippen LogP contribution in [0.5, 0.6) is 11.5 Å². The van der Waals surface area contributed by atoms with E-state index in [1.807, 2.05) is 55.5 Å². The van der Waals surface area contributed by atoms with Gasteiger partial charge < -0.3 is 14.2 Å². The molecule has 0 unspecified atom stereocenters. The first kappa shape index (κ1) is 22.3. The number of rotatable bonds is 7. The van der Waals surface area contributed by atoms with Crippen LogP contribution in [0.25, 0.3) is 16.8 Å². The number of halogens is 1. The van der Waals surface area contributed by atoms with Crippen LogP contribution in [0.1, 0.15) is 23.6 Å². The topological polar surface area (TPSA) is 57.1 Å². The van der Waals surface area contributed by atoms with E-state index in [1.165, 1.54) is 12.1 Å². The van der Waals surface area contributed by atoms with Crippen LogP contribution in [0.4, 0.5) is 4.39 Å². The normalized spacial score (nSPS) is 14.2. The Morgan fingerprint density at radius 3 is 2.49 bits per heavy atom. The van der Waals surface area contributed by atoms with E-state index in [2.05, 4.69) is 4.99 Å². The van der Waals surface area contributed by atoms with Crippen molar-refractivity contribution in [2.24, 2.45) is 4.99 Å². The number of hydrogen-bond donors (Lipinski definition) is 0. The third kappa shape index (κ3) is 5.06. The van der Waals surface area contributed by atoms with Crippen LogP contribution < -0.4 is 9.47 Å². The number of fused-ring (bicyclic) bond motifs is 1. The van der Waals surface area contributed by atoms with Gasteiger partial charge in [0, 0.05) is 5.56 Å². The number of carbonyl (C=O) groups is 1. The molecule has 4 aromatic rings. The minimum Gasteiger partial charge on any atom is -0.490 e. The molecule has 0 atom stereocenters. The molecule has 0 bridgehead atoms. The van der Waals surface area contributed by atoms with Crippen LogP contribution in [0, 0.1) is 5.82 Å². The number of carbonyl (C=O) groups excluding carboxylic acids is 1. The maximum Gasteiger partial charge on any atom is 0.363 e. The largest absolute Gasteiger partial charge is 0.490 e. The summed E-state index contributed by atoms with van der Waals surface area (Å²) in [5.41, 5.74) is 2.50. The molecule has 174 valence electrons. The molecule has 0 aromatic heterocycles. The molecule has 0 fully saturated rings. The lowest BCUT2D eigenvalue weighted by Gasteiger charge is -2.13. The van der Waals surface area contributed by atoms with Crippen molar-refractivity contribution in [3.05, 3.63) is 113 Å². The lowest BCUT2D eigenvalue weighted by Crippen LogP contribution is -2.05. The predicted molar refractivity (Wildman–Crippen MR) is 133 cm³/mol. The van der Waals surface area contributed by atoms with Crippen LogP contribution >= 0.6 is 0 Å². The molecule has 35 heavy (non-hydrogen) atoms. The highest BCUT2D eigenvalue weighted by Gasteiger charge is 2.24. The first-order valence-electron chi connectivity index (χ1n) is 11.2. The maximum atomic E-state index is 13.1. The molecule has 1 aliphatic rings. The monoisotopic (exact) mass is 467 g/mol. The van der Waals surface area contributed by atoms with E-state index in [-0.39, 0.29) is 24.0 Å². The third-order valence-corrected chi connectivity index (χ3v) is 5.50. The van der Waals surface area contributed by atoms with Gasteiger partial charge in [0.05, 0.1) is 6.61 Å². The van der Waals surface area contributed by atoms with Crippen molar-refractivity contribution in [3.63, 3.8) is 0 Å². The molecule has 0 N–H and O–H groups in total. The first-order chi connectivity index (χ1) is 17.1. The van der Waals surface area contributed by atoms with Crippen LogP contribution in [0.2, 0.25) is 0 Å². The summed E-state index contributed by atoms with van der Waals surface area (Å²) in [7, 11) is 0. The van der Waals surface area contributed by atoms with Gasteiger partial charge in [-0.15, -0.1) is 0 Å². The first-order valence-corrected chi connectivity index (χ1v) is 11.2. The van der Waals surface area contributed by atoms with Gasteiger partial charge in [0.15, 0.2) is 17.2 Å². The molecular weight excluding hydrogens is 445 g/mol. The van der Waals surface area contributed by atoms with Crippen LogP contribution in [-0.2, 0) is 16.1 Å². The standard InChI is InChI=1S/C29H22FNO4/c1-2-33-27-16-20(9-14-26(27)34-18-19-7-12-24(30)13-8-19)15-25-29(32)35-28(31-25)23-11-10-21-5-3-4-6-22(21)17-23/h3-17H,2,18H2,1H3/b25-15-. The summed E-state index contributed by atoms with van der Waals surface area (Å²) in [5.74, 6) is 0.554. The lowest BCUT2D eigenvalue weighted by atomic mass is 10.1. The van der Waals surface area contributed by atoms with Crippen LogP contribution in [0.15, 0.2) is 95.6 Å². The fourth-order valence-electron chi connectivity index (χ4n) is 3.76. The molecule has 0 aliphatic carbocycles. The summed E-state index contributed by atoms with van der Waals surface area (Å²) in [5, 5.41) is 2.14. The zero-order valence-electron chi connectivity index (χ0n) is 19.0. The SMILES string of the molecule is CCOc1cc(/C=C2\N=C(c3ccc4ccccc4c3)OC2=O)ccc1OCc1ccc(F)cc1. The highest BCUT2D eigenvalue weighted by molar-refractivity contribution is 6.13. The average molecular weight is 467 g/mol. The Kier molecular flexibility index (Phi) is 6.26. The second-order valence-electron chi connectivity index (χ2n) is 7.95. The zero-order chi connectivity index (χ0) is 24.2. The van der Waals surface area contributed by atoms with E-state index in [1.54, 1.807) is 30.3 Å². The van der Waals surface area contributed by atoms with E-state index in [9.17, 15) is 9.18 Å². The smallest absolute Gasteiger partial charge is 0.363 e. The Hall–Kier alpha value is -4.45. The van der Waals surface area contributed by atoms with Gasteiger partial charge in [0.25, 0.3) is 0 Å². The van der Waals surface area contributed by atoms with Gasteiger partial charge in [-0.1, -0.05) is 48.5 Å².